The van der Waals surface area contributed by atoms with Crippen molar-refractivity contribution in [3.63, 3.8) is 0 Å². The Morgan fingerprint density at radius 2 is 2.00 bits per heavy atom. The highest BCUT2D eigenvalue weighted by Gasteiger charge is 2.34. The Morgan fingerprint density at radius 3 is 2.65 bits per heavy atom. The number of benzene rings is 2. The van der Waals surface area contributed by atoms with Crippen molar-refractivity contribution in [1.29, 1.82) is 0 Å². The van der Waals surface area contributed by atoms with Crippen LogP contribution in [0.1, 0.15) is 17.5 Å². The molecule has 0 aliphatic carbocycles. The summed E-state index contributed by atoms with van der Waals surface area (Å²) in [5.41, 5.74) is 1.08. The zero-order valence-electron chi connectivity index (χ0n) is 14.2. The number of nitro groups is 1. The summed E-state index contributed by atoms with van der Waals surface area (Å²) >= 11 is 0. The maximum Gasteiger partial charge on any atom is 0.273 e. The second-order valence-electron chi connectivity index (χ2n) is 6.03. The minimum Gasteiger partial charge on any atom is -0.495 e. The van der Waals surface area contributed by atoms with Gasteiger partial charge in [-0.2, -0.15) is 0 Å². The number of rotatable bonds is 4. The molecule has 0 radical (unpaired) electrons. The molecular formula is C17H17FN2O5S. The van der Waals surface area contributed by atoms with Crippen LogP contribution in [-0.2, 0) is 16.4 Å². The molecule has 7 nitrogen and oxygen atoms in total. The number of fused-ring (bicyclic) bond motifs is 1. The summed E-state index contributed by atoms with van der Waals surface area (Å²) < 4.78 is 46.9. The van der Waals surface area contributed by atoms with E-state index < -0.39 is 20.8 Å². The van der Waals surface area contributed by atoms with E-state index in [4.69, 9.17) is 4.74 Å². The normalized spacial score (nSPS) is 14.0. The summed E-state index contributed by atoms with van der Waals surface area (Å²) in [5.74, 6) is -0.761. The molecule has 0 saturated carbocycles. The quantitative estimate of drug-likeness (QED) is 0.600. The van der Waals surface area contributed by atoms with Gasteiger partial charge in [0.05, 0.1) is 23.8 Å². The van der Waals surface area contributed by atoms with E-state index in [2.05, 4.69) is 0 Å². The maximum absolute atomic E-state index is 14.6. The van der Waals surface area contributed by atoms with Crippen LogP contribution in [0, 0.1) is 22.9 Å². The second-order valence-corrected chi connectivity index (χ2v) is 7.86. The minimum absolute atomic E-state index is 0.0299. The highest BCUT2D eigenvalue weighted by molar-refractivity contribution is 7.93. The molecule has 1 aliphatic rings. The zero-order chi connectivity index (χ0) is 19.1. The van der Waals surface area contributed by atoms with E-state index in [0.29, 0.717) is 24.0 Å². The number of nitrogens with zero attached hydrogens (tertiary/aromatic N) is 2. The van der Waals surface area contributed by atoms with Gasteiger partial charge in [-0.05, 0) is 43.0 Å². The van der Waals surface area contributed by atoms with Gasteiger partial charge in [0.25, 0.3) is 15.7 Å². The number of sulfonamides is 1. The van der Waals surface area contributed by atoms with Crippen molar-refractivity contribution in [3.8, 4) is 5.75 Å². The van der Waals surface area contributed by atoms with E-state index in [1.807, 2.05) is 0 Å². The van der Waals surface area contributed by atoms with Crippen molar-refractivity contribution in [2.24, 2.45) is 0 Å². The molecule has 0 aromatic heterocycles. The molecule has 9 heteroatoms. The van der Waals surface area contributed by atoms with Gasteiger partial charge in [0.2, 0.25) is 0 Å². The summed E-state index contributed by atoms with van der Waals surface area (Å²) in [6, 6.07) is 6.31. The lowest BCUT2D eigenvalue weighted by Gasteiger charge is -2.31. The van der Waals surface area contributed by atoms with Gasteiger partial charge in [-0.3, -0.25) is 14.4 Å². The Kier molecular flexibility index (Phi) is 4.57. The van der Waals surface area contributed by atoms with Crippen molar-refractivity contribution in [3.05, 3.63) is 57.4 Å². The average molecular weight is 380 g/mol. The molecule has 0 saturated heterocycles. The van der Waals surface area contributed by atoms with Crippen LogP contribution in [0.15, 0.2) is 35.2 Å². The number of hydrogen-bond acceptors (Lipinski definition) is 5. The zero-order valence-corrected chi connectivity index (χ0v) is 15.0. The Bertz CT molecular complexity index is 991. The maximum atomic E-state index is 14.6. The van der Waals surface area contributed by atoms with Gasteiger partial charge in [-0.25, -0.2) is 12.8 Å². The average Bonchev–Trinajstić information content (AvgIpc) is 2.60. The Balaban J connectivity index is 2.16. The number of halogens is 1. The largest absolute Gasteiger partial charge is 0.495 e. The van der Waals surface area contributed by atoms with Crippen LogP contribution in [0.3, 0.4) is 0 Å². The first-order chi connectivity index (χ1) is 12.3. The lowest BCUT2D eigenvalue weighted by Crippen LogP contribution is -2.36. The molecule has 0 fully saturated rings. The highest BCUT2D eigenvalue weighted by Crippen LogP contribution is 2.38. The molecule has 1 heterocycles. The molecule has 2 aromatic rings. The standard InChI is InChI=1S/C17H17FN2O5S/c1-11-8-12-4-3-7-19(17(12)14(18)9-11)26(23,24)16-6-5-13(20(21)22)10-15(16)25-2/h5-6,8-10H,3-4,7H2,1-2H3. The predicted octanol–water partition coefficient (Wildman–Crippen LogP) is 3.19. The Labute approximate surface area is 150 Å². The minimum atomic E-state index is -4.15. The van der Waals surface area contributed by atoms with Gasteiger partial charge in [0.1, 0.15) is 16.5 Å². The molecule has 2 aromatic carbocycles. The third kappa shape index (κ3) is 2.98. The smallest absolute Gasteiger partial charge is 0.273 e. The number of hydrogen-bond donors (Lipinski definition) is 0. The van der Waals surface area contributed by atoms with Crippen LogP contribution in [0.2, 0.25) is 0 Å². The van der Waals surface area contributed by atoms with Gasteiger partial charge < -0.3 is 4.74 Å². The number of anilines is 1. The van der Waals surface area contributed by atoms with Crippen LogP contribution in [-0.4, -0.2) is 27.0 Å². The number of non-ortho nitro benzene ring substituents is 1. The molecule has 3 rings (SSSR count). The summed E-state index contributed by atoms with van der Waals surface area (Å²) in [6.45, 7) is 1.87. The summed E-state index contributed by atoms with van der Waals surface area (Å²) in [4.78, 5) is 10.0. The molecule has 0 amide bonds. The molecule has 0 bridgehead atoms. The van der Waals surface area contributed by atoms with Gasteiger partial charge in [0, 0.05) is 12.6 Å². The van der Waals surface area contributed by atoms with Crippen molar-refractivity contribution >= 4 is 21.4 Å². The van der Waals surface area contributed by atoms with Gasteiger partial charge in [-0.1, -0.05) is 6.07 Å². The number of nitro benzene ring substituents is 1. The molecule has 0 spiro atoms. The molecule has 0 unspecified atom stereocenters. The molecular weight excluding hydrogens is 363 g/mol. The summed E-state index contributed by atoms with van der Waals surface area (Å²) in [7, 11) is -2.92. The number of ether oxygens (including phenoxy) is 1. The molecule has 1 aliphatic heterocycles. The Hall–Kier alpha value is -2.68. The van der Waals surface area contributed by atoms with Crippen molar-refractivity contribution in [1.82, 2.24) is 0 Å². The van der Waals surface area contributed by atoms with Crippen LogP contribution in [0.4, 0.5) is 15.8 Å². The van der Waals surface area contributed by atoms with Crippen molar-refractivity contribution in [2.45, 2.75) is 24.7 Å². The van der Waals surface area contributed by atoms with Gasteiger partial charge >= 0.3 is 0 Å². The SMILES string of the molecule is COc1cc([N+](=O)[O-])ccc1S(=O)(=O)N1CCCc2cc(C)cc(F)c21. The topological polar surface area (TPSA) is 89.7 Å². The molecule has 26 heavy (non-hydrogen) atoms. The second kappa shape index (κ2) is 6.56. The van der Waals surface area contributed by atoms with E-state index in [0.717, 1.165) is 22.5 Å². The fraction of sp³-hybridized carbons (Fsp3) is 0.294. The lowest BCUT2D eigenvalue weighted by atomic mass is 10.0. The monoisotopic (exact) mass is 380 g/mol. The number of methoxy groups -OCH3 is 1. The van der Waals surface area contributed by atoms with E-state index in [1.165, 1.54) is 13.2 Å². The van der Waals surface area contributed by atoms with Crippen molar-refractivity contribution in [2.75, 3.05) is 18.0 Å². The van der Waals surface area contributed by atoms with Gasteiger partial charge in [-0.15, -0.1) is 0 Å². The van der Waals surface area contributed by atoms with E-state index in [9.17, 15) is 22.9 Å². The summed E-state index contributed by atoms with van der Waals surface area (Å²) in [6.07, 6.45) is 1.13. The predicted molar refractivity (Wildman–Crippen MR) is 93.6 cm³/mol. The lowest BCUT2D eigenvalue weighted by molar-refractivity contribution is -0.385. The van der Waals surface area contributed by atoms with Crippen LogP contribution < -0.4 is 9.04 Å². The first-order valence-corrected chi connectivity index (χ1v) is 9.34. The van der Waals surface area contributed by atoms with Crippen molar-refractivity contribution < 1.29 is 22.5 Å². The third-order valence-corrected chi connectivity index (χ3v) is 6.11. The fourth-order valence-electron chi connectivity index (χ4n) is 3.14. The molecule has 138 valence electrons. The van der Waals surface area contributed by atoms with Crippen LogP contribution >= 0.6 is 0 Å². The highest BCUT2D eigenvalue weighted by atomic mass is 32.2. The van der Waals surface area contributed by atoms with Crippen LogP contribution in [0.25, 0.3) is 0 Å². The van der Waals surface area contributed by atoms with E-state index >= 15 is 0 Å². The summed E-state index contributed by atoms with van der Waals surface area (Å²) in [5, 5.41) is 10.9. The third-order valence-electron chi connectivity index (χ3n) is 4.27. The first kappa shape index (κ1) is 18.1. The van der Waals surface area contributed by atoms with Crippen LogP contribution in [0.5, 0.6) is 5.75 Å². The number of aryl methyl sites for hydroxylation is 2. The van der Waals surface area contributed by atoms with E-state index in [1.54, 1.807) is 13.0 Å². The fourth-order valence-corrected chi connectivity index (χ4v) is 4.83. The molecule has 0 atom stereocenters. The molecule has 0 N–H and O–H groups in total. The van der Waals surface area contributed by atoms with Gasteiger partial charge in [0.15, 0.2) is 0 Å². The van der Waals surface area contributed by atoms with E-state index in [-0.39, 0.29) is 28.6 Å². The first-order valence-electron chi connectivity index (χ1n) is 7.90. The Morgan fingerprint density at radius 1 is 1.27 bits per heavy atom.